The van der Waals surface area contributed by atoms with E-state index in [0.717, 1.165) is 16.8 Å². The molecule has 0 saturated carbocycles. The molecule has 0 saturated heterocycles. The SMILES string of the molecule is O=C(CSc1nnc(-c2ccc(Cl)cc2)n1-c1ccccc1)N/N=C\c1ccccc1OCc1ccc([N+](=O)[O-])cc1. The van der Waals surface area contributed by atoms with Gasteiger partial charge in [-0.2, -0.15) is 5.10 Å². The van der Waals surface area contributed by atoms with Crippen molar-refractivity contribution < 1.29 is 14.5 Å². The van der Waals surface area contributed by atoms with Crippen molar-refractivity contribution in [2.24, 2.45) is 5.10 Å². The highest BCUT2D eigenvalue weighted by Crippen LogP contribution is 2.28. The lowest BCUT2D eigenvalue weighted by Gasteiger charge is -2.10. The number of hydrazone groups is 1. The lowest BCUT2D eigenvalue weighted by Crippen LogP contribution is -2.20. The molecule has 42 heavy (non-hydrogen) atoms. The van der Waals surface area contributed by atoms with Crippen LogP contribution in [0, 0.1) is 10.1 Å². The number of benzene rings is 4. The Hall–Kier alpha value is -5.00. The van der Waals surface area contributed by atoms with Crippen LogP contribution in [-0.4, -0.2) is 37.6 Å². The number of hydrogen-bond donors (Lipinski definition) is 1. The number of aromatic nitrogens is 3. The summed E-state index contributed by atoms with van der Waals surface area (Å²) in [5, 5.41) is 24.8. The van der Waals surface area contributed by atoms with Crippen LogP contribution in [0.25, 0.3) is 17.1 Å². The van der Waals surface area contributed by atoms with Gasteiger partial charge in [0.1, 0.15) is 12.4 Å². The van der Waals surface area contributed by atoms with E-state index in [-0.39, 0.29) is 24.0 Å². The second-order valence-electron chi connectivity index (χ2n) is 8.82. The van der Waals surface area contributed by atoms with Crippen molar-refractivity contribution in [3.05, 3.63) is 129 Å². The summed E-state index contributed by atoms with van der Waals surface area (Å²) in [5.74, 6) is 0.913. The summed E-state index contributed by atoms with van der Waals surface area (Å²) in [5.41, 5.74) is 5.69. The largest absolute Gasteiger partial charge is 0.488 e. The van der Waals surface area contributed by atoms with Crippen LogP contribution in [0.4, 0.5) is 5.69 Å². The van der Waals surface area contributed by atoms with Crippen LogP contribution in [0.1, 0.15) is 11.1 Å². The van der Waals surface area contributed by atoms with Crippen LogP contribution < -0.4 is 10.2 Å². The molecule has 0 atom stereocenters. The Bertz CT molecular complexity index is 1710. The number of nitrogens with zero attached hydrogens (tertiary/aromatic N) is 5. The number of ether oxygens (including phenoxy) is 1. The van der Waals surface area contributed by atoms with Crippen molar-refractivity contribution >= 4 is 41.2 Å². The number of non-ortho nitro benzene ring substituents is 1. The Balaban J connectivity index is 1.22. The molecule has 1 aromatic heterocycles. The molecule has 5 rings (SSSR count). The average molecular weight is 599 g/mol. The van der Waals surface area contributed by atoms with Gasteiger partial charge < -0.3 is 4.74 Å². The molecule has 1 amide bonds. The monoisotopic (exact) mass is 598 g/mol. The molecule has 0 aliphatic rings. The highest BCUT2D eigenvalue weighted by Gasteiger charge is 2.17. The van der Waals surface area contributed by atoms with Gasteiger partial charge in [0.2, 0.25) is 0 Å². The zero-order chi connectivity index (χ0) is 29.3. The van der Waals surface area contributed by atoms with Crippen LogP contribution in [0.2, 0.25) is 5.02 Å². The van der Waals surface area contributed by atoms with Gasteiger partial charge in [-0.25, -0.2) is 5.43 Å². The maximum atomic E-state index is 12.6. The number of nitro benzene ring substituents is 1. The third-order valence-electron chi connectivity index (χ3n) is 5.94. The summed E-state index contributed by atoms with van der Waals surface area (Å²) in [6.07, 6.45) is 1.50. The predicted octanol–water partition coefficient (Wildman–Crippen LogP) is 6.32. The predicted molar refractivity (Wildman–Crippen MR) is 162 cm³/mol. The molecule has 0 spiro atoms. The number of para-hydroxylation sites is 2. The minimum Gasteiger partial charge on any atom is -0.488 e. The lowest BCUT2D eigenvalue weighted by atomic mass is 10.2. The fraction of sp³-hybridized carbons (Fsp3) is 0.0667. The number of nitrogens with one attached hydrogen (secondary N) is 1. The van der Waals surface area contributed by atoms with E-state index in [0.29, 0.717) is 27.3 Å². The van der Waals surface area contributed by atoms with Gasteiger partial charge in [0.15, 0.2) is 11.0 Å². The second kappa shape index (κ2) is 13.6. The number of carbonyl (C=O) groups is 1. The zero-order valence-corrected chi connectivity index (χ0v) is 23.5. The summed E-state index contributed by atoms with van der Waals surface area (Å²) in [6.45, 7) is 0.214. The van der Waals surface area contributed by atoms with Gasteiger partial charge in [0.05, 0.1) is 16.9 Å². The number of carbonyl (C=O) groups excluding carboxylic acids is 1. The van der Waals surface area contributed by atoms with E-state index in [1.165, 1.54) is 30.1 Å². The fourth-order valence-electron chi connectivity index (χ4n) is 3.89. The first-order valence-corrected chi connectivity index (χ1v) is 14.0. The number of rotatable bonds is 11. The number of thioether (sulfide) groups is 1. The molecule has 10 nitrogen and oxygen atoms in total. The summed E-state index contributed by atoms with van der Waals surface area (Å²) in [7, 11) is 0. The number of nitro groups is 1. The van der Waals surface area contributed by atoms with Gasteiger partial charge in [-0.1, -0.05) is 53.7 Å². The molecule has 12 heteroatoms. The first-order valence-electron chi connectivity index (χ1n) is 12.6. The van der Waals surface area contributed by atoms with E-state index in [2.05, 4.69) is 20.7 Å². The van der Waals surface area contributed by atoms with Crippen LogP contribution in [0.3, 0.4) is 0 Å². The molecule has 1 heterocycles. The molecular formula is C30H23ClN6O4S. The Kier molecular flexibility index (Phi) is 9.22. The van der Waals surface area contributed by atoms with Crippen LogP contribution in [0.5, 0.6) is 5.75 Å². The lowest BCUT2D eigenvalue weighted by molar-refractivity contribution is -0.384. The third-order valence-corrected chi connectivity index (χ3v) is 7.12. The Morgan fingerprint density at radius 2 is 1.69 bits per heavy atom. The molecule has 4 aromatic carbocycles. The standard InChI is InChI=1S/C30H23ClN6O4S/c31-24-14-12-22(13-15-24)29-34-35-30(36(29)25-7-2-1-3-8-25)42-20-28(38)33-32-18-23-6-4-5-9-27(23)41-19-21-10-16-26(17-11-21)37(39)40/h1-18H,19-20H2,(H,33,38)/b32-18-. The van der Waals surface area contributed by atoms with E-state index < -0.39 is 4.92 Å². The van der Waals surface area contributed by atoms with Crippen LogP contribution >= 0.6 is 23.4 Å². The maximum absolute atomic E-state index is 12.6. The van der Waals surface area contributed by atoms with Gasteiger partial charge in [-0.3, -0.25) is 19.5 Å². The molecule has 0 fully saturated rings. The smallest absolute Gasteiger partial charge is 0.269 e. The van der Waals surface area contributed by atoms with Crippen molar-refractivity contribution in [2.75, 3.05) is 5.75 Å². The van der Waals surface area contributed by atoms with Crippen molar-refractivity contribution in [2.45, 2.75) is 11.8 Å². The number of hydrogen-bond acceptors (Lipinski definition) is 8. The van der Waals surface area contributed by atoms with Crippen LogP contribution in [-0.2, 0) is 11.4 Å². The highest BCUT2D eigenvalue weighted by molar-refractivity contribution is 7.99. The minimum absolute atomic E-state index is 0.0162. The Labute approximate surface area is 250 Å². The van der Waals surface area contributed by atoms with E-state index in [1.807, 2.05) is 59.2 Å². The molecule has 210 valence electrons. The van der Waals surface area contributed by atoms with Gasteiger partial charge in [0, 0.05) is 34.0 Å². The maximum Gasteiger partial charge on any atom is 0.269 e. The van der Waals surface area contributed by atoms with Crippen molar-refractivity contribution in [3.8, 4) is 22.8 Å². The number of halogens is 1. The van der Waals surface area contributed by atoms with E-state index in [1.54, 1.807) is 36.4 Å². The van der Waals surface area contributed by atoms with Gasteiger partial charge in [-0.05, 0) is 66.2 Å². The average Bonchev–Trinajstić information content (AvgIpc) is 3.44. The summed E-state index contributed by atoms with van der Waals surface area (Å²) in [6, 6.07) is 30.3. The van der Waals surface area contributed by atoms with Crippen molar-refractivity contribution in [1.82, 2.24) is 20.2 Å². The normalized spacial score (nSPS) is 11.0. The topological polar surface area (TPSA) is 125 Å². The molecule has 0 aliphatic heterocycles. The number of amides is 1. The quantitative estimate of drug-likeness (QED) is 0.0816. The first kappa shape index (κ1) is 28.5. The summed E-state index contributed by atoms with van der Waals surface area (Å²) < 4.78 is 7.78. The Morgan fingerprint density at radius 3 is 2.43 bits per heavy atom. The first-order chi connectivity index (χ1) is 20.5. The van der Waals surface area contributed by atoms with E-state index in [4.69, 9.17) is 16.3 Å². The Morgan fingerprint density at radius 1 is 0.976 bits per heavy atom. The molecule has 5 aromatic rings. The van der Waals surface area contributed by atoms with Crippen LogP contribution in [0.15, 0.2) is 113 Å². The zero-order valence-electron chi connectivity index (χ0n) is 22.0. The summed E-state index contributed by atoms with van der Waals surface area (Å²) in [4.78, 5) is 23.0. The highest BCUT2D eigenvalue weighted by atomic mass is 35.5. The van der Waals surface area contributed by atoms with Gasteiger partial charge in [0.25, 0.3) is 11.6 Å². The van der Waals surface area contributed by atoms with E-state index >= 15 is 0 Å². The van der Waals surface area contributed by atoms with Crippen molar-refractivity contribution in [1.29, 1.82) is 0 Å². The molecular weight excluding hydrogens is 576 g/mol. The molecule has 0 unspecified atom stereocenters. The molecule has 0 radical (unpaired) electrons. The van der Waals surface area contributed by atoms with E-state index in [9.17, 15) is 14.9 Å². The molecule has 0 bridgehead atoms. The second-order valence-corrected chi connectivity index (χ2v) is 10.2. The third kappa shape index (κ3) is 7.19. The van der Waals surface area contributed by atoms with Gasteiger partial charge >= 0.3 is 0 Å². The van der Waals surface area contributed by atoms with Gasteiger partial charge in [-0.15, -0.1) is 10.2 Å². The minimum atomic E-state index is -0.448. The van der Waals surface area contributed by atoms with Crippen molar-refractivity contribution in [3.63, 3.8) is 0 Å². The summed E-state index contributed by atoms with van der Waals surface area (Å²) >= 11 is 7.30. The molecule has 0 aliphatic carbocycles. The fourth-order valence-corrected chi connectivity index (χ4v) is 4.76. The molecule has 1 N–H and O–H groups in total.